The first-order valence-corrected chi connectivity index (χ1v) is 8.86. The lowest BCUT2D eigenvalue weighted by Gasteiger charge is -2.12. The van der Waals surface area contributed by atoms with E-state index in [2.05, 4.69) is 15.9 Å². The van der Waals surface area contributed by atoms with E-state index >= 15 is 0 Å². The summed E-state index contributed by atoms with van der Waals surface area (Å²) in [5.41, 5.74) is 0.646. The van der Waals surface area contributed by atoms with E-state index < -0.39 is 5.97 Å². The summed E-state index contributed by atoms with van der Waals surface area (Å²) in [4.78, 5) is 25.6. The van der Waals surface area contributed by atoms with Crippen LogP contribution in [0.15, 0.2) is 21.5 Å². The van der Waals surface area contributed by atoms with Gasteiger partial charge in [-0.15, -0.1) is 0 Å². The largest absolute Gasteiger partial charge is 0.503 e. The van der Waals surface area contributed by atoms with E-state index in [1.165, 1.54) is 12.0 Å². The van der Waals surface area contributed by atoms with Gasteiger partial charge in [0.15, 0.2) is 11.5 Å². The number of rotatable bonds is 5. The van der Waals surface area contributed by atoms with Gasteiger partial charge < -0.3 is 14.6 Å². The van der Waals surface area contributed by atoms with Crippen LogP contribution in [0.4, 0.5) is 0 Å². The van der Waals surface area contributed by atoms with Crippen molar-refractivity contribution in [1.82, 2.24) is 4.90 Å². The zero-order valence-corrected chi connectivity index (χ0v) is 16.1. The molecule has 1 aromatic carbocycles. The van der Waals surface area contributed by atoms with Gasteiger partial charge in [-0.05, 0) is 46.6 Å². The molecule has 0 aliphatic carbocycles. The fourth-order valence-corrected chi connectivity index (χ4v) is 3.67. The number of aromatic hydroxyl groups is 1. The Hall–Kier alpha value is -1.58. The number of methoxy groups -OCH3 is 1. The Labute approximate surface area is 156 Å². The van der Waals surface area contributed by atoms with E-state index in [4.69, 9.17) is 21.7 Å². The molecule has 1 amide bonds. The first-order valence-electron chi connectivity index (χ1n) is 6.84. The van der Waals surface area contributed by atoms with E-state index in [9.17, 15) is 14.7 Å². The Morgan fingerprint density at radius 1 is 1.50 bits per heavy atom. The Kier molecular flexibility index (Phi) is 6.25. The molecule has 0 radical (unpaired) electrons. The van der Waals surface area contributed by atoms with Crippen molar-refractivity contribution in [3.05, 3.63) is 27.1 Å². The van der Waals surface area contributed by atoms with Gasteiger partial charge in [0.05, 0.1) is 23.1 Å². The van der Waals surface area contributed by atoms with Gasteiger partial charge in [0.25, 0.3) is 5.91 Å². The molecular weight excluding hydrogens is 418 g/mol. The van der Waals surface area contributed by atoms with Crippen molar-refractivity contribution in [3.63, 3.8) is 0 Å². The Balaban J connectivity index is 2.26. The number of hydrogen-bond acceptors (Lipinski definition) is 7. The fraction of sp³-hybridized carbons (Fsp3) is 0.267. The summed E-state index contributed by atoms with van der Waals surface area (Å²) in [6.45, 7) is 1.72. The van der Waals surface area contributed by atoms with Crippen LogP contribution in [-0.2, 0) is 14.3 Å². The second kappa shape index (κ2) is 8.00. The molecule has 128 valence electrons. The molecule has 1 N–H and O–H groups in total. The van der Waals surface area contributed by atoms with Crippen LogP contribution in [-0.4, -0.2) is 46.5 Å². The van der Waals surface area contributed by atoms with Crippen LogP contribution in [0.3, 0.4) is 0 Å². The van der Waals surface area contributed by atoms with Crippen LogP contribution >= 0.6 is 39.9 Å². The minimum absolute atomic E-state index is 0.0236. The number of carbonyl (C=O) groups excluding carboxylic acids is 2. The summed E-state index contributed by atoms with van der Waals surface area (Å²) in [5, 5.41) is 9.82. The molecule has 1 heterocycles. The molecule has 0 atom stereocenters. The Morgan fingerprint density at radius 3 is 2.83 bits per heavy atom. The summed E-state index contributed by atoms with van der Waals surface area (Å²) in [5.74, 6) is -0.618. The third-order valence-electron chi connectivity index (χ3n) is 3.03. The number of nitrogens with zero attached hydrogens (tertiary/aromatic N) is 1. The zero-order valence-electron chi connectivity index (χ0n) is 12.9. The number of halogens is 1. The number of hydrogen-bond donors (Lipinski definition) is 1. The molecule has 0 bridgehead atoms. The normalized spacial score (nSPS) is 16.0. The number of phenols is 1. The molecule has 2 rings (SSSR count). The van der Waals surface area contributed by atoms with E-state index in [-0.39, 0.29) is 30.6 Å². The van der Waals surface area contributed by atoms with Crippen LogP contribution < -0.4 is 4.74 Å². The smallest absolute Gasteiger partial charge is 0.326 e. The number of benzene rings is 1. The summed E-state index contributed by atoms with van der Waals surface area (Å²) >= 11 is 9.48. The highest BCUT2D eigenvalue weighted by Crippen LogP contribution is 2.38. The minimum Gasteiger partial charge on any atom is -0.503 e. The average Bonchev–Trinajstić information content (AvgIpc) is 2.78. The summed E-state index contributed by atoms with van der Waals surface area (Å²) in [7, 11) is 1.43. The molecule has 0 spiro atoms. The molecule has 24 heavy (non-hydrogen) atoms. The quantitative estimate of drug-likeness (QED) is 0.436. The number of esters is 1. The first kappa shape index (κ1) is 18.8. The van der Waals surface area contributed by atoms with Gasteiger partial charge in [-0.3, -0.25) is 14.5 Å². The van der Waals surface area contributed by atoms with E-state index in [0.717, 1.165) is 11.8 Å². The average molecular weight is 432 g/mol. The third-order valence-corrected chi connectivity index (χ3v) is 5.02. The maximum atomic E-state index is 12.4. The van der Waals surface area contributed by atoms with E-state index in [1.807, 2.05) is 0 Å². The molecular formula is C15H14BrNO5S2. The van der Waals surface area contributed by atoms with Crippen LogP contribution in [0.5, 0.6) is 11.5 Å². The van der Waals surface area contributed by atoms with Crippen LogP contribution in [0.1, 0.15) is 12.5 Å². The number of phenolic OH excluding ortho intramolecular Hbond substituents is 1. The van der Waals surface area contributed by atoms with Crippen LogP contribution in [0, 0.1) is 0 Å². The number of amides is 1. The van der Waals surface area contributed by atoms with Crippen molar-refractivity contribution in [1.29, 1.82) is 0 Å². The highest BCUT2D eigenvalue weighted by molar-refractivity contribution is 9.10. The molecule has 9 heteroatoms. The van der Waals surface area contributed by atoms with E-state index in [0.29, 0.717) is 19.3 Å². The molecule has 6 nitrogen and oxygen atoms in total. The van der Waals surface area contributed by atoms with Gasteiger partial charge in [0.1, 0.15) is 10.9 Å². The van der Waals surface area contributed by atoms with E-state index in [1.54, 1.807) is 25.1 Å². The summed E-state index contributed by atoms with van der Waals surface area (Å²) in [6, 6.07) is 3.24. The summed E-state index contributed by atoms with van der Waals surface area (Å²) in [6.07, 6.45) is 1.62. The second-order valence-electron chi connectivity index (χ2n) is 4.63. The number of carbonyl (C=O) groups is 2. The van der Waals surface area contributed by atoms with Gasteiger partial charge in [-0.1, -0.05) is 24.0 Å². The number of ether oxygens (including phenoxy) is 2. The molecule has 1 fully saturated rings. The fourth-order valence-electron chi connectivity index (χ4n) is 1.96. The van der Waals surface area contributed by atoms with Gasteiger partial charge in [0.2, 0.25) is 0 Å². The minimum atomic E-state index is -0.510. The molecule has 0 aromatic heterocycles. The highest BCUT2D eigenvalue weighted by atomic mass is 79.9. The predicted molar refractivity (Wildman–Crippen MR) is 98.9 cm³/mol. The lowest BCUT2D eigenvalue weighted by molar-refractivity contribution is -0.145. The molecule has 0 unspecified atom stereocenters. The van der Waals surface area contributed by atoms with Gasteiger partial charge >= 0.3 is 5.97 Å². The third kappa shape index (κ3) is 4.08. The highest BCUT2D eigenvalue weighted by Gasteiger charge is 2.33. The SMILES string of the molecule is CCOC(=O)CN1C(=O)/C(=C/c2cc(Br)c(O)c(OC)c2)SC1=S. The second-order valence-corrected chi connectivity index (χ2v) is 7.16. The number of thioether (sulfide) groups is 1. The zero-order chi connectivity index (χ0) is 17.9. The number of thiocarbonyl (C=S) groups is 1. The molecule has 1 aromatic rings. The van der Waals surface area contributed by atoms with Crippen molar-refractivity contribution in [2.75, 3.05) is 20.3 Å². The lowest BCUT2D eigenvalue weighted by atomic mass is 10.2. The Morgan fingerprint density at radius 2 is 2.21 bits per heavy atom. The standard InChI is InChI=1S/C15H14BrNO5S2/c1-3-22-12(18)7-17-14(20)11(24-15(17)23)6-8-4-9(16)13(19)10(5-8)21-2/h4-6,19H,3,7H2,1-2H3/b11-6-. The Bertz CT molecular complexity index is 735. The van der Waals surface area contributed by atoms with Gasteiger partial charge in [-0.25, -0.2) is 0 Å². The van der Waals surface area contributed by atoms with Crippen molar-refractivity contribution in [3.8, 4) is 11.5 Å². The topological polar surface area (TPSA) is 76.1 Å². The molecule has 1 aliphatic rings. The van der Waals surface area contributed by atoms with Crippen LogP contribution in [0.25, 0.3) is 6.08 Å². The first-order chi connectivity index (χ1) is 11.4. The maximum absolute atomic E-state index is 12.4. The lowest BCUT2D eigenvalue weighted by Crippen LogP contribution is -2.34. The maximum Gasteiger partial charge on any atom is 0.326 e. The van der Waals surface area contributed by atoms with Crippen molar-refractivity contribution in [2.24, 2.45) is 0 Å². The van der Waals surface area contributed by atoms with Crippen LogP contribution in [0.2, 0.25) is 0 Å². The van der Waals surface area contributed by atoms with Gasteiger partial charge in [-0.2, -0.15) is 0 Å². The van der Waals surface area contributed by atoms with Crippen molar-refractivity contribution < 1.29 is 24.2 Å². The molecule has 1 aliphatic heterocycles. The van der Waals surface area contributed by atoms with Gasteiger partial charge in [0, 0.05) is 0 Å². The van der Waals surface area contributed by atoms with Crippen molar-refractivity contribution >= 4 is 62.2 Å². The van der Waals surface area contributed by atoms with Crippen molar-refractivity contribution in [2.45, 2.75) is 6.92 Å². The summed E-state index contributed by atoms with van der Waals surface area (Å²) < 4.78 is 10.7. The molecule has 1 saturated heterocycles. The predicted octanol–water partition coefficient (Wildman–Crippen LogP) is 2.93. The monoisotopic (exact) mass is 431 g/mol. The molecule has 0 saturated carbocycles.